The summed E-state index contributed by atoms with van der Waals surface area (Å²) in [5.74, 6) is -1.13. The average Bonchev–Trinajstić information content (AvgIpc) is 2.60. The summed E-state index contributed by atoms with van der Waals surface area (Å²) in [7, 11) is 0. The molecule has 2 rings (SSSR count). The molecule has 1 saturated heterocycles. The number of likely N-dealkylation sites (tertiary alicyclic amines) is 1. The SMILES string of the molecule is NC(=O)CC1CCCN(C(=O)NC(CCC(=O)O)Cc2ccccc2)C1. The third-order valence-corrected chi connectivity index (χ3v) is 4.66. The van der Waals surface area contributed by atoms with Crippen LogP contribution in [-0.2, 0) is 16.0 Å². The van der Waals surface area contributed by atoms with E-state index in [1.807, 2.05) is 30.3 Å². The number of hydrogen-bond donors (Lipinski definition) is 3. The van der Waals surface area contributed by atoms with Crippen LogP contribution in [0.15, 0.2) is 30.3 Å². The van der Waals surface area contributed by atoms with Crippen molar-refractivity contribution in [2.24, 2.45) is 11.7 Å². The van der Waals surface area contributed by atoms with E-state index in [0.717, 1.165) is 18.4 Å². The van der Waals surface area contributed by atoms with Crippen LogP contribution < -0.4 is 11.1 Å². The second-order valence-electron chi connectivity index (χ2n) is 6.89. The Bertz CT molecular complexity index is 620. The van der Waals surface area contributed by atoms with Gasteiger partial charge in [0.25, 0.3) is 0 Å². The second kappa shape index (κ2) is 9.79. The van der Waals surface area contributed by atoms with Crippen molar-refractivity contribution in [3.63, 3.8) is 0 Å². The number of piperidine rings is 1. The van der Waals surface area contributed by atoms with E-state index in [-0.39, 0.29) is 36.7 Å². The molecule has 4 N–H and O–H groups in total. The fraction of sp³-hybridized carbons (Fsp3) is 0.526. The Morgan fingerprint density at radius 3 is 2.65 bits per heavy atom. The minimum Gasteiger partial charge on any atom is -0.481 e. The zero-order valence-corrected chi connectivity index (χ0v) is 14.9. The summed E-state index contributed by atoms with van der Waals surface area (Å²) in [5, 5.41) is 11.9. The molecule has 7 heteroatoms. The number of carboxylic acids is 1. The van der Waals surface area contributed by atoms with Crippen LogP contribution in [0.3, 0.4) is 0 Å². The van der Waals surface area contributed by atoms with Gasteiger partial charge in [-0.3, -0.25) is 9.59 Å². The second-order valence-corrected chi connectivity index (χ2v) is 6.89. The highest BCUT2D eigenvalue weighted by Crippen LogP contribution is 2.19. The maximum atomic E-state index is 12.6. The molecule has 0 aliphatic carbocycles. The van der Waals surface area contributed by atoms with Gasteiger partial charge in [0.1, 0.15) is 0 Å². The predicted molar refractivity (Wildman–Crippen MR) is 97.4 cm³/mol. The van der Waals surface area contributed by atoms with Crippen molar-refractivity contribution in [2.75, 3.05) is 13.1 Å². The quantitative estimate of drug-likeness (QED) is 0.655. The van der Waals surface area contributed by atoms with E-state index < -0.39 is 5.97 Å². The first-order chi connectivity index (χ1) is 12.4. The highest BCUT2D eigenvalue weighted by Gasteiger charge is 2.26. The number of nitrogens with zero attached hydrogens (tertiary/aromatic N) is 1. The van der Waals surface area contributed by atoms with Crippen molar-refractivity contribution in [1.82, 2.24) is 10.2 Å². The summed E-state index contributed by atoms with van der Waals surface area (Å²) < 4.78 is 0. The van der Waals surface area contributed by atoms with Gasteiger partial charge in [-0.2, -0.15) is 0 Å². The van der Waals surface area contributed by atoms with E-state index in [9.17, 15) is 14.4 Å². The normalized spacial score (nSPS) is 18.2. The minimum absolute atomic E-state index is 0.00206. The number of primary amides is 1. The Hall–Kier alpha value is -2.57. The first-order valence-corrected chi connectivity index (χ1v) is 9.03. The van der Waals surface area contributed by atoms with Crippen molar-refractivity contribution < 1.29 is 19.5 Å². The van der Waals surface area contributed by atoms with Crippen molar-refractivity contribution in [2.45, 2.75) is 44.6 Å². The summed E-state index contributed by atoms with van der Waals surface area (Å²) in [6.07, 6.45) is 2.97. The van der Waals surface area contributed by atoms with Crippen LogP contribution in [0.1, 0.15) is 37.7 Å². The van der Waals surface area contributed by atoms with Gasteiger partial charge in [-0.05, 0) is 37.2 Å². The molecule has 3 amide bonds. The lowest BCUT2D eigenvalue weighted by molar-refractivity contribution is -0.137. The Kier molecular flexibility index (Phi) is 7.44. The zero-order valence-electron chi connectivity index (χ0n) is 14.9. The lowest BCUT2D eigenvalue weighted by Gasteiger charge is -2.33. The highest BCUT2D eigenvalue weighted by atomic mass is 16.4. The molecular formula is C19H27N3O4. The molecule has 2 atom stereocenters. The van der Waals surface area contributed by atoms with E-state index >= 15 is 0 Å². The number of aliphatic carboxylic acids is 1. The van der Waals surface area contributed by atoms with E-state index in [1.165, 1.54) is 0 Å². The van der Waals surface area contributed by atoms with Crippen molar-refractivity contribution in [1.29, 1.82) is 0 Å². The van der Waals surface area contributed by atoms with Gasteiger partial charge in [0.15, 0.2) is 0 Å². The van der Waals surface area contributed by atoms with Gasteiger partial charge < -0.3 is 21.1 Å². The Morgan fingerprint density at radius 2 is 2.00 bits per heavy atom. The van der Waals surface area contributed by atoms with Crippen molar-refractivity contribution >= 4 is 17.9 Å². The molecule has 0 spiro atoms. The van der Waals surface area contributed by atoms with E-state index in [1.54, 1.807) is 4.90 Å². The number of carboxylic acid groups (broad SMARTS) is 1. The van der Waals surface area contributed by atoms with Crippen LogP contribution in [0.2, 0.25) is 0 Å². The number of amides is 3. The molecule has 1 aromatic rings. The molecule has 1 heterocycles. The third-order valence-electron chi connectivity index (χ3n) is 4.66. The maximum Gasteiger partial charge on any atom is 0.317 e. The molecule has 0 radical (unpaired) electrons. The molecule has 1 aliphatic rings. The first kappa shape index (κ1) is 19.8. The van der Waals surface area contributed by atoms with Crippen LogP contribution in [0.5, 0.6) is 0 Å². The largest absolute Gasteiger partial charge is 0.481 e. The molecule has 0 saturated carbocycles. The van der Waals surface area contributed by atoms with Gasteiger partial charge in [0.05, 0.1) is 0 Å². The number of carbonyl (C=O) groups excluding carboxylic acids is 2. The van der Waals surface area contributed by atoms with Crippen LogP contribution >= 0.6 is 0 Å². The van der Waals surface area contributed by atoms with Crippen molar-refractivity contribution in [3.8, 4) is 0 Å². The van der Waals surface area contributed by atoms with Crippen LogP contribution in [0, 0.1) is 5.92 Å². The fourth-order valence-corrected chi connectivity index (χ4v) is 3.39. The standard InChI is InChI=1S/C19H27N3O4/c20-17(23)12-15-7-4-10-22(13-15)19(26)21-16(8-9-18(24)25)11-14-5-2-1-3-6-14/h1-3,5-6,15-16H,4,7-13H2,(H2,20,23)(H,21,26)(H,24,25). The molecule has 7 nitrogen and oxygen atoms in total. The van der Waals surface area contributed by atoms with Crippen LogP contribution in [0.4, 0.5) is 4.79 Å². The summed E-state index contributed by atoms with van der Waals surface area (Å²) in [5.41, 5.74) is 6.32. The first-order valence-electron chi connectivity index (χ1n) is 9.03. The molecule has 1 aliphatic heterocycles. The Balaban J connectivity index is 1.95. The number of benzene rings is 1. The number of rotatable bonds is 8. The molecule has 2 unspecified atom stereocenters. The fourth-order valence-electron chi connectivity index (χ4n) is 3.39. The number of carbonyl (C=O) groups is 3. The van der Waals surface area contributed by atoms with Gasteiger partial charge in [-0.25, -0.2) is 4.79 Å². The number of hydrogen-bond acceptors (Lipinski definition) is 3. The summed E-state index contributed by atoms with van der Waals surface area (Å²) in [6, 6.07) is 9.23. The predicted octanol–water partition coefficient (Wildman–Crippen LogP) is 1.76. The molecule has 0 bridgehead atoms. The topological polar surface area (TPSA) is 113 Å². The van der Waals surface area contributed by atoms with Gasteiger partial charge in [-0.1, -0.05) is 30.3 Å². The molecule has 142 valence electrons. The number of nitrogens with one attached hydrogen (secondary N) is 1. The minimum atomic E-state index is -0.878. The maximum absolute atomic E-state index is 12.6. The lowest BCUT2D eigenvalue weighted by atomic mass is 9.94. The summed E-state index contributed by atoms with van der Waals surface area (Å²) in [6.45, 7) is 1.14. The smallest absolute Gasteiger partial charge is 0.317 e. The molecular weight excluding hydrogens is 334 g/mol. The van der Waals surface area contributed by atoms with Gasteiger partial charge in [0.2, 0.25) is 5.91 Å². The van der Waals surface area contributed by atoms with E-state index in [2.05, 4.69) is 5.32 Å². The van der Waals surface area contributed by atoms with Gasteiger partial charge in [0, 0.05) is 32.0 Å². The molecule has 1 aromatic carbocycles. The van der Waals surface area contributed by atoms with Crippen molar-refractivity contribution in [3.05, 3.63) is 35.9 Å². The highest BCUT2D eigenvalue weighted by molar-refractivity contribution is 5.76. The van der Waals surface area contributed by atoms with Gasteiger partial charge in [-0.15, -0.1) is 0 Å². The van der Waals surface area contributed by atoms with E-state index in [4.69, 9.17) is 10.8 Å². The Morgan fingerprint density at radius 1 is 1.27 bits per heavy atom. The van der Waals surface area contributed by atoms with E-state index in [0.29, 0.717) is 25.9 Å². The molecule has 0 aromatic heterocycles. The lowest BCUT2D eigenvalue weighted by Crippen LogP contribution is -2.49. The summed E-state index contributed by atoms with van der Waals surface area (Å²) in [4.78, 5) is 36.4. The molecule has 1 fully saturated rings. The van der Waals surface area contributed by atoms with Gasteiger partial charge >= 0.3 is 12.0 Å². The zero-order chi connectivity index (χ0) is 18.9. The third kappa shape index (κ3) is 6.74. The molecule has 26 heavy (non-hydrogen) atoms. The van der Waals surface area contributed by atoms with Crippen LogP contribution in [-0.4, -0.2) is 47.0 Å². The number of nitrogens with two attached hydrogens (primary N) is 1. The number of urea groups is 1. The average molecular weight is 361 g/mol. The monoisotopic (exact) mass is 361 g/mol. The Labute approximate surface area is 153 Å². The van der Waals surface area contributed by atoms with Crippen LogP contribution in [0.25, 0.3) is 0 Å². The summed E-state index contributed by atoms with van der Waals surface area (Å²) >= 11 is 0.